The number of oxime groups is 1. The smallest absolute Gasteiger partial charge is 0.287 e. The van der Waals surface area contributed by atoms with Crippen LogP contribution in [0.5, 0.6) is 0 Å². The van der Waals surface area contributed by atoms with Gasteiger partial charge in [-0.15, -0.1) is 0 Å². The van der Waals surface area contributed by atoms with Gasteiger partial charge in [-0.3, -0.25) is 0 Å². The predicted octanol–water partition coefficient (Wildman–Crippen LogP) is 2.22. The molecule has 1 aliphatic heterocycles. The Balaban J connectivity index is 2.70. The van der Waals surface area contributed by atoms with Crippen molar-refractivity contribution in [2.75, 3.05) is 5.33 Å². The lowest BCUT2D eigenvalue weighted by molar-refractivity contribution is -0.181. The molecule has 12 heavy (non-hydrogen) atoms. The maximum Gasteiger partial charge on any atom is 0.287 e. The lowest BCUT2D eigenvalue weighted by atomic mass is 10.2. The van der Waals surface area contributed by atoms with Crippen LogP contribution in [-0.4, -0.2) is 25.7 Å². The zero-order valence-electron chi connectivity index (χ0n) is 5.73. The standard InChI is InChI=1S/C5H5BrCl3NO2/c6-2-3-1-4(11,12-10-3)5(7,8)9/h11H,1-2H2/t4-/m1/s1. The van der Waals surface area contributed by atoms with E-state index in [1.54, 1.807) is 0 Å². The Bertz CT molecular complexity index is 217. The van der Waals surface area contributed by atoms with Crippen LogP contribution in [0.1, 0.15) is 6.42 Å². The highest BCUT2D eigenvalue weighted by Crippen LogP contribution is 2.43. The van der Waals surface area contributed by atoms with Crippen LogP contribution < -0.4 is 0 Å². The van der Waals surface area contributed by atoms with Crippen molar-refractivity contribution in [3.8, 4) is 0 Å². The minimum atomic E-state index is -1.89. The number of hydrogen-bond donors (Lipinski definition) is 1. The summed E-state index contributed by atoms with van der Waals surface area (Å²) in [5.74, 6) is -1.83. The molecular formula is C5H5BrCl3NO2. The lowest BCUT2D eigenvalue weighted by Gasteiger charge is -2.26. The van der Waals surface area contributed by atoms with E-state index in [4.69, 9.17) is 34.8 Å². The van der Waals surface area contributed by atoms with Gasteiger partial charge in [0.15, 0.2) is 0 Å². The SMILES string of the molecule is O[C@]1(C(Cl)(Cl)Cl)CC(CBr)=NO1. The van der Waals surface area contributed by atoms with Crippen molar-refractivity contribution in [2.45, 2.75) is 16.0 Å². The van der Waals surface area contributed by atoms with Gasteiger partial charge in [0.05, 0.1) is 12.1 Å². The largest absolute Gasteiger partial charge is 0.355 e. The second-order valence-electron chi connectivity index (χ2n) is 2.34. The monoisotopic (exact) mass is 295 g/mol. The maximum atomic E-state index is 9.58. The summed E-state index contributed by atoms with van der Waals surface area (Å²) in [6, 6.07) is 0. The van der Waals surface area contributed by atoms with Crippen molar-refractivity contribution >= 4 is 56.4 Å². The van der Waals surface area contributed by atoms with E-state index in [2.05, 4.69) is 25.9 Å². The van der Waals surface area contributed by atoms with Crippen LogP contribution in [0.4, 0.5) is 0 Å². The Morgan fingerprint density at radius 2 is 2.25 bits per heavy atom. The fraction of sp³-hybridized carbons (Fsp3) is 0.800. The Labute approximate surface area is 92.7 Å². The average Bonchev–Trinajstić information content (AvgIpc) is 2.31. The van der Waals surface area contributed by atoms with E-state index in [-0.39, 0.29) is 6.42 Å². The molecule has 1 aliphatic rings. The van der Waals surface area contributed by atoms with Crippen molar-refractivity contribution in [1.29, 1.82) is 0 Å². The first kappa shape index (κ1) is 10.9. The summed E-state index contributed by atoms with van der Waals surface area (Å²) < 4.78 is -1.89. The van der Waals surface area contributed by atoms with Crippen LogP contribution in [0.15, 0.2) is 5.16 Å². The summed E-state index contributed by atoms with van der Waals surface area (Å²) in [5.41, 5.74) is 0.601. The maximum absolute atomic E-state index is 9.58. The number of halogens is 4. The molecular weight excluding hydrogens is 292 g/mol. The van der Waals surface area contributed by atoms with Crippen LogP contribution in [0.3, 0.4) is 0 Å². The molecule has 0 bridgehead atoms. The molecule has 0 aromatic heterocycles. The van der Waals surface area contributed by atoms with Gasteiger partial charge >= 0.3 is 0 Å². The van der Waals surface area contributed by atoms with Crippen molar-refractivity contribution in [3.63, 3.8) is 0 Å². The van der Waals surface area contributed by atoms with E-state index >= 15 is 0 Å². The highest BCUT2D eigenvalue weighted by molar-refractivity contribution is 9.09. The van der Waals surface area contributed by atoms with Crippen molar-refractivity contribution in [1.82, 2.24) is 0 Å². The summed E-state index contributed by atoms with van der Waals surface area (Å²) in [7, 11) is 0. The van der Waals surface area contributed by atoms with Gasteiger partial charge in [-0.05, 0) is 0 Å². The van der Waals surface area contributed by atoms with Gasteiger partial charge in [0.1, 0.15) is 0 Å². The van der Waals surface area contributed by atoms with Gasteiger partial charge < -0.3 is 9.94 Å². The van der Waals surface area contributed by atoms with E-state index in [0.717, 1.165) is 0 Å². The number of aliphatic hydroxyl groups is 1. The molecule has 1 N–H and O–H groups in total. The molecule has 0 unspecified atom stereocenters. The molecule has 1 atom stereocenters. The highest BCUT2D eigenvalue weighted by atomic mass is 79.9. The Hall–Kier alpha value is 0.780. The van der Waals surface area contributed by atoms with Crippen LogP contribution in [-0.2, 0) is 4.84 Å². The number of hydrogen-bond acceptors (Lipinski definition) is 3. The van der Waals surface area contributed by atoms with E-state index in [1.807, 2.05) is 0 Å². The molecule has 0 aliphatic carbocycles. The van der Waals surface area contributed by atoms with Gasteiger partial charge in [-0.2, -0.15) is 0 Å². The average molecular weight is 297 g/mol. The Morgan fingerprint density at radius 1 is 1.67 bits per heavy atom. The predicted molar refractivity (Wildman–Crippen MR) is 52.2 cm³/mol. The summed E-state index contributed by atoms with van der Waals surface area (Å²) in [4.78, 5) is 4.63. The van der Waals surface area contributed by atoms with Crippen molar-refractivity contribution in [3.05, 3.63) is 0 Å². The minimum absolute atomic E-state index is 0.0920. The molecule has 0 aromatic carbocycles. The molecule has 0 amide bonds. The van der Waals surface area contributed by atoms with Gasteiger partial charge in [0.2, 0.25) is 0 Å². The fourth-order valence-corrected chi connectivity index (χ4v) is 1.31. The van der Waals surface area contributed by atoms with Gasteiger partial charge in [-0.25, -0.2) is 0 Å². The van der Waals surface area contributed by atoms with Crippen LogP contribution in [0.2, 0.25) is 0 Å². The van der Waals surface area contributed by atoms with Crippen molar-refractivity contribution in [2.24, 2.45) is 5.16 Å². The third-order valence-corrected chi connectivity index (χ3v) is 2.90. The van der Waals surface area contributed by atoms with Gasteiger partial charge in [0, 0.05) is 5.33 Å². The molecule has 0 saturated carbocycles. The summed E-state index contributed by atoms with van der Waals surface area (Å²) in [6.07, 6.45) is 0.0920. The molecule has 0 aromatic rings. The molecule has 70 valence electrons. The summed E-state index contributed by atoms with van der Waals surface area (Å²) >= 11 is 19.6. The molecule has 0 fully saturated rings. The van der Waals surface area contributed by atoms with Gasteiger partial charge in [-0.1, -0.05) is 55.9 Å². The number of alkyl halides is 4. The normalized spacial score (nSPS) is 29.9. The van der Waals surface area contributed by atoms with Crippen LogP contribution >= 0.6 is 50.7 Å². The first-order valence-corrected chi connectivity index (χ1v) is 5.23. The Kier molecular flexibility index (Phi) is 3.17. The van der Waals surface area contributed by atoms with E-state index in [1.165, 1.54) is 0 Å². The molecule has 1 rings (SSSR count). The second-order valence-corrected chi connectivity index (χ2v) is 5.18. The highest BCUT2D eigenvalue weighted by Gasteiger charge is 2.53. The molecule has 7 heteroatoms. The molecule has 0 saturated heterocycles. The molecule has 0 spiro atoms. The topological polar surface area (TPSA) is 41.8 Å². The molecule has 3 nitrogen and oxygen atoms in total. The summed E-state index contributed by atoms with van der Waals surface area (Å²) in [5, 5.41) is 13.6. The zero-order chi connectivity index (χ0) is 9.41. The van der Waals surface area contributed by atoms with Crippen molar-refractivity contribution < 1.29 is 9.94 Å². The van der Waals surface area contributed by atoms with E-state index in [9.17, 15) is 5.11 Å². The van der Waals surface area contributed by atoms with E-state index in [0.29, 0.717) is 11.0 Å². The number of rotatable bonds is 1. The number of nitrogens with zero attached hydrogens (tertiary/aromatic N) is 1. The Morgan fingerprint density at radius 3 is 2.50 bits per heavy atom. The zero-order valence-corrected chi connectivity index (χ0v) is 9.58. The van der Waals surface area contributed by atoms with Crippen LogP contribution in [0, 0.1) is 0 Å². The second kappa shape index (κ2) is 3.50. The quantitative estimate of drug-likeness (QED) is 0.754. The third-order valence-electron chi connectivity index (χ3n) is 1.37. The fourth-order valence-electron chi connectivity index (χ4n) is 0.705. The van der Waals surface area contributed by atoms with Crippen LogP contribution in [0.25, 0.3) is 0 Å². The third kappa shape index (κ3) is 1.99. The first-order chi connectivity index (χ1) is 5.39. The van der Waals surface area contributed by atoms with E-state index < -0.39 is 9.58 Å². The summed E-state index contributed by atoms with van der Waals surface area (Å²) in [6.45, 7) is 0. The lowest BCUT2D eigenvalue weighted by Crippen LogP contribution is -2.42. The molecule has 0 radical (unpaired) electrons. The first-order valence-electron chi connectivity index (χ1n) is 2.98. The van der Waals surface area contributed by atoms with Gasteiger partial charge in [0.25, 0.3) is 9.58 Å². The molecule has 1 heterocycles. The minimum Gasteiger partial charge on any atom is -0.355 e.